The second-order valence-corrected chi connectivity index (χ2v) is 5.84. The maximum absolute atomic E-state index is 5.84. The van der Waals surface area contributed by atoms with Gasteiger partial charge in [0.05, 0.1) is 19.3 Å². The van der Waals surface area contributed by atoms with Gasteiger partial charge in [0, 0.05) is 26.7 Å². The van der Waals surface area contributed by atoms with Crippen LogP contribution in [0, 0.1) is 0 Å². The summed E-state index contributed by atoms with van der Waals surface area (Å²) in [5, 5.41) is 0. The summed E-state index contributed by atoms with van der Waals surface area (Å²) in [7, 11) is 1.72. The normalized spacial score (nSPS) is 17.8. The van der Waals surface area contributed by atoms with Crippen LogP contribution < -0.4 is 0 Å². The van der Waals surface area contributed by atoms with Crippen molar-refractivity contribution in [2.24, 2.45) is 0 Å². The van der Waals surface area contributed by atoms with Gasteiger partial charge in [-0.3, -0.25) is 4.90 Å². The first-order valence-corrected chi connectivity index (χ1v) is 8.40. The Morgan fingerprint density at radius 3 is 2.55 bits per heavy atom. The van der Waals surface area contributed by atoms with Crippen LogP contribution in [0.25, 0.3) is 5.57 Å². The molecule has 1 aromatic carbocycles. The Morgan fingerprint density at radius 1 is 1.18 bits per heavy atom. The zero-order valence-corrected chi connectivity index (χ0v) is 14.0. The fourth-order valence-electron chi connectivity index (χ4n) is 2.95. The van der Waals surface area contributed by atoms with Crippen LogP contribution in [0.1, 0.15) is 31.7 Å². The highest BCUT2D eigenvalue weighted by molar-refractivity contribution is 5.66. The minimum absolute atomic E-state index is 0.404. The number of methoxy groups -OCH3 is 1. The number of rotatable bonds is 8. The average Bonchev–Trinajstić information content (AvgIpc) is 2.57. The molecule has 22 heavy (non-hydrogen) atoms. The molecular formula is C19H29NO2. The standard InChI is InChI=1S/C19H29NO2/c1-3-7-18(17-8-5-4-6-9-17)16-20-12-10-19(11-13-20)22-15-14-21-2/h4-9,19H,3,10-16H2,1-2H3/b18-7-. The topological polar surface area (TPSA) is 21.7 Å². The van der Waals surface area contributed by atoms with Gasteiger partial charge in [-0.15, -0.1) is 0 Å². The largest absolute Gasteiger partial charge is 0.382 e. The molecule has 1 aliphatic rings. The van der Waals surface area contributed by atoms with Crippen LogP contribution in [-0.4, -0.2) is 51.0 Å². The molecule has 2 rings (SSSR count). The van der Waals surface area contributed by atoms with Crippen molar-refractivity contribution in [3.8, 4) is 0 Å². The summed E-state index contributed by atoms with van der Waals surface area (Å²) >= 11 is 0. The predicted molar refractivity (Wildman–Crippen MR) is 92.0 cm³/mol. The highest BCUT2D eigenvalue weighted by Crippen LogP contribution is 2.20. The first-order chi connectivity index (χ1) is 10.8. The number of likely N-dealkylation sites (tertiary alicyclic amines) is 1. The van der Waals surface area contributed by atoms with Gasteiger partial charge in [-0.1, -0.05) is 43.3 Å². The smallest absolute Gasteiger partial charge is 0.0704 e. The maximum Gasteiger partial charge on any atom is 0.0704 e. The van der Waals surface area contributed by atoms with E-state index in [1.165, 1.54) is 11.1 Å². The predicted octanol–water partition coefficient (Wildman–Crippen LogP) is 3.61. The molecule has 1 aromatic rings. The molecule has 1 saturated heterocycles. The molecule has 0 unspecified atom stereocenters. The fraction of sp³-hybridized carbons (Fsp3) is 0.579. The van der Waals surface area contributed by atoms with E-state index >= 15 is 0 Å². The lowest BCUT2D eigenvalue weighted by atomic mass is 10.0. The molecular weight excluding hydrogens is 274 g/mol. The monoisotopic (exact) mass is 303 g/mol. The molecule has 0 bridgehead atoms. The molecule has 1 aliphatic heterocycles. The van der Waals surface area contributed by atoms with Crippen molar-refractivity contribution in [3.63, 3.8) is 0 Å². The van der Waals surface area contributed by atoms with Crippen LogP contribution in [0.3, 0.4) is 0 Å². The van der Waals surface area contributed by atoms with E-state index in [1.54, 1.807) is 7.11 Å². The number of hydrogen-bond donors (Lipinski definition) is 0. The van der Waals surface area contributed by atoms with E-state index in [0.717, 1.165) is 38.9 Å². The quantitative estimate of drug-likeness (QED) is 0.685. The van der Waals surface area contributed by atoms with Gasteiger partial charge in [-0.25, -0.2) is 0 Å². The Balaban J connectivity index is 1.82. The first-order valence-electron chi connectivity index (χ1n) is 8.40. The summed E-state index contributed by atoms with van der Waals surface area (Å²) in [6.07, 6.45) is 6.09. The summed E-state index contributed by atoms with van der Waals surface area (Å²) in [5.74, 6) is 0. The third kappa shape index (κ3) is 5.56. The summed E-state index contributed by atoms with van der Waals surface area (Å²) in [5.41, 5.74) is 2.80. The van der Waals surface area contributed by atoms with E-state index in [9.17, 15) is 0 Å². The van der Waals surface area contributed by atoms with Crippen molar-refractivity contribution in [2.75, 3.05) is 40.0 Å². The number of hydrogen-bond acceptors (Lipinski definition) is 3. The Kier molecular flexibility index (Phi) is 7.64. The van der Waals surface area contributed by atoms with Gasteiger partial charge in [0.25, 0.3) is 0 Å². The lowest BCUT2D eigenvalue weighted by Gasteiger charge is -2.32. The van der Waals surface area contributed by atoms with Crippen LogP contribution in [0.2, 0.25) is 0 Å². The zero-order valence-electron chi connectivity index (χ0n) is 14.0. The SMILES string of the molecule is CC/C=C(/CN1CCC(OCCOC)CC1)c1ccccc1. The average molecular weight is 303 g/mol. The zero-order chi connectivity index (χ0) is 15.6. The first kappa shape index (κ1) is 17.2. The number of allylic oxidation sites excluding steroid dienone is 1. The molecule has 1 heterocycles. The van der Waals surface area contributed by atoms with E-state index in [4.69, 9.17) is 9.47 Å². The van der Waals surface area contributed by atoms with Crippen LogP contribution in [-0.2, 0) is 9.47 Å². The molecule has 3 heteroatoms. The molecule has 0 aromatic heterocycles. The number of benzene rings is 1. The molecule has 0 atom stereocenters. The molecule has 0 spiro atoms. The molecule has 0 amide bonds. The van der Waals surface area contributed by atoms with Crippen molar-refractivity contribution >= 4 is 5.57 Å². The number of nitrogens with zero attached hydrogens (tertiary/aromatic N) is 1. The Morgan fingerprint density at radius 2 is 1.91 bits per heavy atom. The summed E-state index contributed by atoms with van der Waals surface area (Å²) in [6, 6.07) is 10.7. The molecule has 0 N–H and O–H groups in total. The molecule has 0 aliphatic carbocycles. The van der Waals surface area contributed by atoms with Gasteiger partial charge in [-0.05, 0) is 30.4 Å². The maximum atomic E-state index is 5.84. The van der Waals surface area contributed by atoms with E-state index in [2.05, 4.69) is 48.2 Å². The Hall–Kier alpha value is -1.16. The van der Waals surface area contributed by atoms with E-state index in [-0.39, 0.29) is 0 Å². The van der Waals surface area contributed by atoms with Gasteiger partial charge in [0.15, 0.2) is 0 Å². The fourth-order valence-corrected chi connectivity index (χ4v) is 2.95. The van der Waals surface area contributed by atoms with Gasteiger partial charge >= 0.3 is 0 Å². The Labute approximate surface area is 134 Å². The molecule has 122 valence electrons. The second kappa shape index (κ2) is 9.78. The Bertz CT molecular complexity index is 436. The summed E-state index contributed by atoms with van der Waals surface area (Å²) in [6.45, 7) is 6.89. The van der Waals surface area contributed by atoms with Gasteiger partial charge in [-0.2, -0.15) is 0 Å². The minimum atomic E-state index is 0.404. The van der Waals surface area contributed by atoms with E-state index in [1.807, 2.05) is 0 Å². The lowest BCUT2D eigenvalue weighted by Crippen LogP contribution is -2.38. The van der Waals surface area contributed by atoms with Crippen molar-refractivity contribution in [3.05, 3.63) is 42.0 Å². The van der Waals surface area contributed by atoms with Crippen LogP contribution >= 0.6 is 0 Å². The van der Waals surface area contributed by atoms with Crippen LogP contribution in [0.5, 0.6) is 0 Å². The van der Waals surface area contributed by atoms with Crippen LogP contribution in [0.15, 0.2) is 36.4 Å². The van der Waals surface area contributed by atoms with Crippen LogP contribution in [0.4, 0.5) is 0 Å². The van der Waals surface area contributed by atoms with Crippen molar-refractivity contribution < 1.29 is 9.47 Å². The van der Waals surface area contributed by atoms with Gasteiger partial charge < -0.3 is 9.47 Å². The van der Waals surface area contributed by atoms with Gasteiger partial charge in [0.1, 0.15) is 0 Å². The van der Waals surface area contributed by atoms with Gasteiger partial charge in [0.2, 0.25) is 0 Å². The second-order valence-electron chi connectivity index (χ2n) is 5.84. The van der Waals surface area contributed by atoms with Crippen molar-refractivity contribution in [1.82, 2.24) is 4.90 Å². The highest BCUT2D eigenvalue weighted by atomic mass is 16.5. The van der Waals surface area contributed by atoms with E-state index in [0.29, 0.717) is 19.3 Å². The number of piperidine rings is 1. The molecule has 0 saturated carbocycles. The van der Waals surface area contributed by atoms with Crippen molar-refractivity contribution in [2.45, 2.75) is 32.3 Å². The molecule has 3 nitrogen and oxygen atoms in total. The minimum Gasteiger partial charge on any atom is -0.382 e. The highest BCUT2D eigenvalue weighted by Gasteiger charge is 2.20. The van der Waals surface area contributed by atoms with E-state index < -0.39 is 0 Å². The third-order valence-corrected chi connectivity index (χ3v) is 4.16. The summed E-state index contributed by atoms with van der Waals surface area (Å²) < 4.78 is 10.9. The third-order valence-electron chi connectivity index (χ3n) is 4.16. The number of ether oxygens (including phenoxy) is 2. The molecule has 1 fully saturated rings. The molecule has 0 radical (unpaired) electrons. The lowest BCUT2D eigenvalue weighted by molar-refractivity contribution is -0.0128. The van der Waals surface area contributed by atoms with Crippen molar-refractivity contribution in [1.29, 1.82) is 0 Å². The summed E-state index contributed by atoms with van der Waals surface area (Å²) in [4.78, 5) is 2.55.